The van der Waals surface area contributed by atoms with Crippen LogP contribution in [0.4, 0.5) is 0 Å². The zero-order valence-electron chi connectivity index (χ0n) is 1.58. The molecule has 1 radical (unpaired) electrons. The minimum atomic E-state index is 0. The van der Waals surface area contributed by atoms with E-state index < -0.39 is 0 Å². The van der Waals surface area contributed by atoms with Crippen LogP contribution in [0.3, 0.4) is 0 Å². The van der Waals surface area contributed by atoms with Crippen molar-refractivity contribution in [2.75, 3.05) is 0 Å². The zero-order valence-corrected chi connectivity index (χ0v) is 4.50. The molecule has 0 amide bonds. The van der Waals surface area contributed by atoms with Gasteiger partial charge in [-0.15, -0.1) is 0 Å². The van der Waals surface area contributed by atoms with Gasteiger partial charge in [-0.05, 0) is 0 Å². The SMILES string of the molecule is [ClH2+].[Dy+3].[O-2].[O-2]. The molecular formula is H2ClDyO2. The summed E-state index contributed by atoms with van der Waals surface area (Å²) in [5, 5.41) is 0. The molecule has 4 heteroatoms. The molecule has 0 aliphatic heterocycles. The molecule has 0 aliphatic carbocycles. The Hall–Kier alpha value is 1.48. The first-order valence-corrected chi connectivity index (χ1v) is 0. The summed E-state index contributed by atoms with van der Waals surface area (Å²) >= 11 is 0. The Balaban J connectivity index is 0. The maximum absolute atomic E-state index is 0. The summed E-state index contributed by atoms with van der Waals surface area (Å²) in [6.07, 6.45) is 0. The van der Waals surface area contributed by atoms with E-state index in [1.807, 2.05) is 0 Å². The van der Waals surface area contributed by atoms with E-state index in [9.17, 15) is 0 Å². The first-order valence-electron chi connectivity index (χ1n) is 0. The fourth-order valence-electron chi connectivity index (χ4n) is 0. The summed E-state index contributed by atoms with van der Waals surface area (Å²) in [7, 11) is 0. The van der Waals surface area contributed by atoms with E-state index in [0.29, 0.717) is 0 Å². The van der Waals surface area contributed by atoms with Gasteiger partial charge in [0.25, 0.3) is 0 Å². The molecule has 0 heterocycles. The third kappa shape index (κ3) is 9.76. The summed E-state index contributed by atoms with van der Waals surface area (Å²) in [5.41, 5.74) is 0. The molecule has 0 atom stereocenters. The largest absolute Gasteiger partial charge is 3.00 e. The summed E-state index contributed by atoms with van der Waals surface area (Å²) < 4.78 is 0. The van der Waals surface area contributed by atoms with Gasteiger partial charge >= 0.3 is 38.2 Å². The summed E-state index contributed by atoms with van der Waals surface area (Å²) in [6.45, 7) is 0. The maximum Gasteiger partial charge on any atom is 3.00 e. The van der Waals surface area contributed by atoms with Crippen LogP contribution >= 0.6 is 0 Å². The summed E-state index contributed by atoms with van der Waals surface area (Å²) in [4.78, 5) is 0. The van der Waals surface area contributed by atoms with E-state index >= 15 is 0 Å². The van der Waals surface area contributed by atoms with Gasteiger partial charge in [-0.3, -0.25) is 0 Å². The number of hydrogen-bond acceptors (Lipinski definition) is 0. The molecule has 0 aromatic heterocycles. The second-order valence-corrected chi connectivity index (χ2v) is 0. The van der Waals surface area contributed by atoms with Gasteiger partial charge in [0.15, 0.2) is 0 Å². The predicted molar refractivity (Wildman–Crippen MR) is 4.16 cm³/mol. The first-order chi connectivity index (χ1) is 0. The van der Waals surface area contributed by atoms with Crippen molar-refractivity contribution in [1.82, 2.24) is 0 Å². The van der Waals surface area contributed by atoms with Crippen molar-refractivity contribution in [1.29, 1.82) is 0 Å². The molecule has 2 nitrogen and oxygen atoms in total. The maximum atomic E-state index is 0. The average molecular weight is 232 g/mol. The van der Waals surface area contributed by atoms with Crippen LogP contribution in [-0.2, 0) is 11.0 Å². The van der Waals surface area contributed by atoms with Gasteiger partial charge in [-0.2, -0.15) is 0 Å². The molecule has 0 rings (SSSR count). The van der Waals surface area contributed by atoms with Crippen LogP contribution in [0.1, 0.15) is 0 Å². The number of rotatable bonds is 0. The molecule has 0 spiro atoms. The Bertz CT molecular complexity index is 6.00. The average Bonchev–Trinajstić information content (AvgIpc) is 0. The molecule has 0 saturated carbocycles. The Morgan fingerprint density at radius 3 is 0.750 bits per heavy atom. The van der Waals surface area contributed by atoms with Crippen LogP contribution in [0.5, 0.6) is 0 Å². The van der Waals surface area contributed by atoms with Crippen molar-refractivity contribution in [3.05, 3.63) is 0 Å². The van der Waals surface area contributed by atoms with Crippen molar-refractivity contribution in [2.24, 2.45) is 0 Å². The number of halogens is 1. The molecule has 0 fully saturated rings. The Kier molecular flexibility index (Phi) is 310. The van der Waals surface area contributed by atoms with Gasteiger partial charge in [0, 0.05) is 0 Å². The molecule has 31 valence electrons. The van der Waals surface area contributed by atoms with Crippen LogP contribution in [-0.4, -0.2) is 0 Å². The van der Waals surface area contributed by atoms with Crippen molar-refractivity contribution in [2.45, 2.75) is 0 Å². The second-order valence-electron chi connectivity index (χ2n) is 0. The Labute approximate surface area is 61.0 Å². The second kappa shape index (κ2) is 24.7. The van der Waals surface area contributed by atoms with Gasteiger partial charge in [-0.1, -0.05) is 0 Å². The predicted octanol–water partition coefficient (Wildman–Crippen LogP) is -0.773. The zero-order chi connectivity index (χ0) is 0. The monoisotopic (exact) mass is 233 g/mol. The van der Waals surface area contributed by atoms with Crippen LogP contribution in [0.2, 0.25) is 0 Å². The fraction of sp³-hybridized carbons (Fsp3) is 0. The van der Waals surface area contributed by atoms with Gasteiger partial charge < -0.3 is 11.0 Å². The van der Waals surface area contributed by atoms with Crippen LogP contribution in [0, 0.1) is 50.6 Å². The topological polar surface area (TPSA) is 57.0 Å². The molecule has 0 aromatic rings. The minimum absolute atomic E-state index is 0. The smallest absolute Gasteiger partial charge is 2.00 e. The fourth-order valence-corrected chi connectivity index (χ4v) is 0. The quantitative estimate of drug-likeness (QED) is 0.526. The molecule has 0 N–H and O–H groups in total. The number of hydrogen-bond donors (Lipinski definition) is 0. The summed E-state index contributed by atoms with van der Waals surface area (Å²) in [5.74, 6) is 0. The first kappa shape index (κ1) is 50.1. The van der Waals surface area contributed by atoms with Crippen molar-refractivity contribution < 1.29 is 61.5 Å². The van der Waals surface area contributed by atoms with E-state index in [1.165, 1.54) is 0 Å². The molecular weight excluding hydrogens is 230 g/mol. The van der Waals surface area contributed by atoms with E-state index in [-0.39, 0.29) is 61.5 Å². The van der Waals surface area contributed by atoms with Gasteiger partial charge in [0.2, 0.25) is 0 Å². The molecule has 0 bridgehead atoms. The molecule has 4 heavy (non-hydrogen) atoms. The molecule has 0 aromatic carbocycles. The Morgan fingerprint density at radius 2 is 0.750 bits per heavy atom. The normalized spacial score (nSPS) is 0. The molecule has 0 saturated heterocycles. The van der Waals surface area contributed by atoms with Crippen molar-refractivity contribution in [3.8, 4) is 0 Å². The Morgan fingerprint density at radius 1 is 0.750 bits per heavy atom. The van der Waals surface area contributed by atoms with Crippen LogP contribution in [0.25, 0.3) is 0 Å². The van der Waals surface area contributed by atoms with E-state index in [0.717, 1.165) is 0 Å². The van der Waals surface area contributed by atoms with E-state index in [4.69, 9.17) is 0 Å². The van der Waals surface area contributed by atoms with Crippen LogP contribution < -0.4 is 0 Å². The summed E-state index contributed by atoms with van der Waals surface area (Å²) in [6, 6.07) is 0. The van der Waals surface area contributed by atoms with E-state index in [1.54, 1.807) is 0 Å². The minimum Gasteiger partial charge on any atom is -2.00 e. The van der Waals surface area contributed by atoms with Gasteiger partial charge in [0.1, 0.15) is 0 Å². The van der Waals surface area contributed by atoms with Gasteiger partial charge in [0.05, 0.1) is 12.4 Å². The van der Waals surface area contributed by atoms with Crippen LogP contribution in [0.15, 0.2) is 0 Å². The third-order valence-electron chi connectivity index (χ3n) is 0. The van der Waals surface area contributed by atoms with Crippen molar-refractivity contribution >= 4 is 0 Å². The van der Waals surface area contributed by atoms with Gasteiger partial charge in [-0.25, -0.2) is 0 Å². The standard InChI is InChI=1S/ClH2.Dy.2O/h1H2;;;/q+1;+3;2*-2. The van der Waals surface area contributed by atoms with E-state index in [2.05, 4.69) is 0 Å². The van der Waals surface area contributed by atoms with Crippen molar-refractivity contribution in [3.63, 3.8) is 0 Å². The third-order valence-corrected chi connectivity index (χ3v) is 0. The molecule has 0 unspecified atom stereocenters. The molecule has 0 aliphatic rings.